The largest absolute Gasteiger partial charge is 0.441 e. The van der Waals surface area contributed by atoms with Crippen LogP contribution >= 0.6 is 34.5 Å². The van der Waals surface area contributed by atoms with E-state index in [-0.39, 0.29) is 6.09 Å². The van der Waals surface area contributed by atoms with Gasteiger partial charge >= 0.3 is 6.09 Å². The summed E-state index contributed by atoms with van der Waals surface area (Å²) in [6.45, 7) is 1.41. The van der Waals surface area contributed by atoms with Gasteiger partial charge in [0.1, 0.15) is 11.4 Å². The fraction of sp³-hybridized carbons (Fsp3) is 0.381. The molecule has 1 saturated carbocycles. The summed E-state index contributed by atoms with van der Waals surface area (Å²) in [5.74, 6) is 1.16. The average Bonchev–Trinajstić information content (AvgIpc) is 3.29. The Balaban J connectivity index is 1.18. The fourth-order valence-electron chi connectivity index (χ4n) is 4.21. The number of benzene rings is 1. The number of rotatable bonds is 4. The molecule has 3 aromatic rings. The zero-order chi connectivity index (χ0) is 20.7. The molecule has 9 heteroatoms. The number of aromatic nitrogens is 2. The average molecular weight is 463 g/mol. The summed E-state index contributed by atoms with van der Waals surface area (Å²) >= 11 is 13.8. The van der Waals surface area contributed by atoms with E-state index in [0.717, 1.165) is 47.6 Å². The third-order valence-corrected chi connectivity index (χ3v) is 7.58. The van der Waals surface area contributed by atoms with Crippen LogP contribution < -0.4 is 10.2 Å². The maximum absolute atomic E-state index is 12.4. The van der Waals surface area contributed by atoms with Crippen molar-refractivity contribution in [1.29, 1.82) is 0 Å². The van der Waals surface area contributed by atoms with Crippen molar-refractivity contribution in [2.75, 3.05) is 23.3 Å². The Morgan fingerprint density at radius 3 is 2.80 bits per heavy atom. The minimum Gasteiger partial charge on any atom is -0.441 e. The van der Waals surface area contributed by atoms with E-state index in [1.807, 2.05) is 24.3 Å². The Labute approximate surface area is 188 Å². The highest BCUT2D eigenvalue weighted by molar-refractivity contribution is 7.22. The van der Waals surface area contributed by atoms with Crippen LogP contribution in [0.1, 0.15) is 25.7 Å². The molecule has 6 nitrogen and oxygen atoms in total. The van der Waals surface area contributed by atoms with Gasteiger partial charge in [-0.3, -0.25) is 4.90 Å². The number of hydrogen-bond donors (Lipinski definition) is 1. The van der Waals surface area contributed by atoms with Crippen molar-refractivity contribution in [3.8, 4) is 0 Å². The van der Waals surface area contributed by atoms with Crippen molar-refractivity contribution in [3.05, 3.63) is 46.6 Å². The molecule has 1 amide bonds. The van der Waals surface area contributed by atoms with Gasteiger partial charge in [-0.25, -0.2) is 14.8 Å². The number of carbonyl (C=O) groups is 1. The van der Waals surface area contributed by atoms with E-state index in [4.69, 9.17) is 27.9 Å². The summed E-state index contributed by atoms with van der Waals surface area (Å²) in [4.78, 5) is 22.9. The number of ether oxygens (including phenoxy) is 1. The van der Waals surface area contributed by atoms with Crippen molar-refractivity contribution < 1.29 is 9.53 Å². The highest BCUT2D eigenvalue weighted by Crippen LogP contribution is 2.41. The van der Waals surface area contributed by atoms with Crippen molar-refractivity contribution >= 4 is 61.8 Å². The molecule has 2 aliphatic rings. The Morgan fingerprint density at radius 2 is 2.03 bits per heavy atom. The second kappa shape index (κ2) is 7.87. The molecule has 2 fully saturated rings. The number of fused-ring (bicyclic) bond motifs is 1. The van der Waals surface area contributed by atoms with Gasteiger partial charge in [-0.1, -0.05) is 40.6 Å². The molecule has 156 valence electrons. The summed E-state index contributed by atoms with van der Waals surface area (Å²) in [6, 6.07) is 9.22. The van der Waals surface area contributed by atoms with Crippen LogP contribution in [0.15, 0.2) is 36.5 Å². The maximum Gasteiger partial charge on any atom is 0.416 e. The minimum absolute atomic E-state index is 0.294. The Bertz CT molecular complexity index is 1040. The van der Waals surface area contributed by atoms with Gasteiger partial charge in [0.05, 0.1) is 26.8 Å². The summed E-state index contributed by atoms with van der Waals surface area (Å²) in [7, 11) is 0. The van der Waals surface area contributed by atoms with Crippen molar-refractivity contribution in [1.82, 2.24) is 9.97 Å². The Kier molecular flexibility index (Phi) is 5.21. The number of carbonyl (C=O) groups excluding carboxylic acids is 1. The third kappa shape index (κ3) is 3.82. The van der Waals surface area contributed by atoms with Crippen LogP contribution in [0.4, 0.5) is 15.7 Å². The predicted molar refractivity (Wildman–Crippen MR) is 121 cm³/mol. The minimum atomic E-state index is -0.394. The molecule has 1 spiro atoms. The summed E-state index contributed by atoms with van der Waals surface area (Å²) in [5.41, 5.74) is 0.459. The van der Waals surface area contributed by atoms with Crippen molar-refractivity contribution in [3.63, 3.8) is 0 Å². The van der Waals surface area contributed by atoms with Gasteiger partial charge in [0.25, 0.3) is 0 Å². The molecule has 30 heavy (non-hydrogen) atoms. The molecule has 0 atom stereocenters. The fourth-order valence-corrected chi connectivity index (χ4v) is 5.49. The van der Waals surface area contributed by atoms with Crippen LogP contribution in [0.2, 0.25) is 10.0 Å². The number of hydrogen-bond acceptors (Lipinski definition) is 6. The van der Waals surface area contributed by atoms with Crippen LogP contribution in [0, 0.1) is 5.92 Å². The lowest BCUT2D eigenvalue weighted by molar-refractivity contribution is 0.0148. The zero-order valence-electron chi connectivity index (χ0n) is 16.1. The van der Waals surface area contributed by atoms with E-state index < -0.39 is 5.60 Å². The van der Waals surface area contributed by atoms with E-state index in [2.05, 4.69) is 15.3 Å². The Hall–Kier alpha value is -2.09. The third-order valence-electron chi connectivity index (χ3n) is 5.89. The molecule has 0 bridgehead atoms. The standard InChI is InChI=1S/C21H20Cl2N4O2S/c22-14-9-16-17(10-15(14)23)30-19(26-16)25-11-13-4-6-21(7-5-13)12-27(20(28)29-21)18-3-1-2-8-24-18/h1-3,8-10,13H,4-7,11-12H2,(H,25,26). The number of pyridine rings is 1. The van der Waals surface area contributed by atoms with Crippen LogP contribution in [0.3, 0.4) is 0 Å². The van der Waals surface area contributed by atoms with Crippen LogP contribution in [-0.2, 0) is 4.74 Å². The predicted octanol–water partition coefficient (Wildman–Crippen LogP) is 6.00. The number of thiazole rings is 1. The van der Waals surface area contributed by atoms with Crippen LogP contribution in [-0.4, -0.2) is 34.8 Å². The van der Waals surface area contributed by atoms with Gasteiger partial charge < -0.3 is 10.1 Å². The van der Waals surface area contributed by atoms with E-state index >= 15 is 0 Å². The summed E-state index contributed by atoms with van der Waals surface area (Å²) in [6.07, 6.45) is 5.12. The second-order valence-corrected chi connectivity index (χ2v) is 9.75. The van der Waals surface area contributed by atoms with Gasteiger partial charge in [-0.05, 0) is 55.9 Å². The van der Waals surface area contributed by atoms with Gasteiger partial charge in [0.15, 0.2) is 5.13 Å². The molecule has 0 unspecified atom stereocenters. The monoisotopic (exact) mass is 462 g/mol. The highest BCUT2D eigenvalue weighted by Gasteiger charge is 2.47. The normalized spacial score (nSPS) is 23.9. The molecule has 1 aliphatic heterocycles. The number of halogens is 2. The van der Waals surface area contributed by atoms with Crippen LogP contribution in [0.25, 0.3) is 10.2 Å². The lowest BCUT2D eigenvalue weighted by Crippen LogP contribution is -2.39. The second-order valence-electron chi connectivity index (χ2n) is 7.90. The molecule has 1 saturated heterocycles. The number of amides is 1. The first-order valence-corrected chi connectivity index (χ1v) is 11.5. The van der Waals surface area contributed by atoms with Crippen LogP contribution in [0.5, 0.6) is 0 Å². The summed E-state index contributed by atoms with van der Waals surface area (Å²) < 4.78 is 6.84. The van der Waals surface area contributed by atoms with E-state index in [1.54, 1.807) is 28.5 Å². The molecule has 2 aromatic heterocycles. The van der Waals surface area contributed by atoms with Gasteiger partial charge in [-0.15, -0.1) is 0 Å². The summed E-state index contributed by atoms with van der Waals surface area (Å²) in [5, 5.41) is 5.39. The molecule has 0 radical (unpaired) electrons. The number of anilines is 2. The number of nitrogens with zero attached hydrogens (tertiary/aromatic N) is 3. The smallest absolute Gasteiger partial charge is 0.416 e. The maximum atomic E-state index is 12.4. The molecule has 1 aromatic carbocycles. The lowest BCUT2D eigenvalue weighted by Gasteiger charge is -2.35. The van der Waals surface area contributed by atoms with Gasteiger partial charge in [-0.2, -0.15) is 0 Å². The topological polar surface area (TPSA) is 67.3 Å². The van der Waals surface area contributed by atoms with Gasteiger partial charge in [0, 0.05) is 12.7 Å². The first kappa shape index (κ1) is 19.8. The Morgan fingerprint density at radius 1 is 1.23 bits per heavy atom. The quantitative estimate of drug-likeness (QED) is 0.515. The zero-order valence-corrected chi connectivity index (χ0v) is 18.4. The van der Waals surface area contributed by atoms with E-state index in [1.165, 1.54) is 0 Å². The highest BCUT2D eigenvalue weighted by atomic mass is 35.5. The molecule has 3 heterocycles. The molecule has 5 rings (SSSR count). The SMILES string of the molecule is O=C1OC2(CCC(CNc3nc4cc(Cl)c(Cl)cc4s3)CC2)CN1c1ccccn1. The molecule has 1 aliphatic carbocycles. The van der Waals surface area contributed by atoms with Crippen molar-refractivity contribution in [2.24, 2.45) is 5.92 Å². The van der Waals surface area contributed by atoms with E-state index in [0.29, 0.717) is 28.3 Å². The number of nitrogens with one attached hydrogen (secondary N) is 1. The molecular weight excluding hydrogens is 443 g/mol. The first-order valence-electron chi connectivity index (χ1n) is 9.92. The molecule has 1 N–H and O–H groups in total. The molecular formula is C21H20Cl2N4O2S. The first-order chi connectivity index (χ1) is 14.5. The van der Waals surface area contributed by atoms with Gasteiger partial charge in [0.2, 0.25) is 0 Å². The van der Waals surface area contributed by atoms with Crippen molar-refractivity contribution in [2.45, 2.75) is 31.3 Å². The van der Waals surface area contributed by atoms with E-state index in [9.17, 15) is 4.79 Å². The lowest BCUT2D eigenvalue weighted by atomic mass is 9.78.